The lowest BCUT2D eigenvalue weighted by Crippen LogP contribution is -2.48. The van der Waals surface area contributed by atoms with Crippen LogP contribution in [-0.4, -0.2) is 18.6 Å². The molecule has 0 bridgehead atoms. The summed E-state index contributed by atoms with van der Waals surface area (Å²) in [5.74, 6) is 1.03. The van der Waals surface area contributed by atoms with E-state index in [9.17, 15) is 4.79 Å². The summed E-state index contributed by atoms with van der Waals surface area (Å²) in [5, 5.41) is 0. The fraction of sp³-hybridized carbons (Fsp3) is 0.632. The zero-order valence-electron chi connectivity index (χ0n) is 14.8. The van der Waals surface area contributed by atoms with Gasteiger partial charge in [-0.15, -0.1) is 0 Å². The van der Waals surface area contributed by atoms with Gasteiger partial charge < -0.3 is 15.4 Å². The minimum absolute atomic E-state index is 0.00397. The van der Waals surface area contributed by atoms with Crippen molar-refractivity contribution in [3.05, 3.63) is 23.8 Å². The van der Waals surface area contributed by atoms with Crippen LogP contribution >= 0.6 is 0 Å². The molecule has 4 heteroatoms. The van der Waals surface area contributed by atoms with Gasteiger partial charge in [0, 0.05) is 12.6 Å². The van der Waals surface area contributed by atoms with Gasteiger partial charge in [0.25, 0.3) is 5.91 Å². The van der Waals surface area contributed by atoms with Crippen LogP contribution in [0.3, 0.4) is 0 Å². The highest BCUT2D eigenvalue weighted by molar-refractivity contribution is 6.00. The minimum Gasteiger partial charge on any atom is -0.478 e. The molecule has 1 amide bonds. The quantitative estimate of drug-likeness (QED) is 0.772. The highest BCUT2D eigenvalue weighted by atomic mass is 16.5. The van der Waals surface area contributed by atoms with E-state index in [-0.39, 0.29) is 17.9 Å². The number of anilines is 1. The van der Waals surface area contributed by atoms with Crippen LogP contribution in [-0.2, 0) is 4.79 Å². The van der Waals surface area contributed by atoms with Crippen LogP contribution < -0.4 is 15.4 Å². The van der Waals surface area contributed by atoms with Gasteiger partial charge in [-0.05, 0) is 36.5 Å². The summed E-state index contributed by atoms with van der Waals surface area (Å²) in [5.41, 5.74) is 8.10. The van der Waals surface area contributed by atoms with Crippen molar-refractivity contribution in [3.8, 4) is 5.75 Å². The number of rotatable bonds is 7. The smallest absolute Gasteiger partial charge is 0.268 e. The molecule has 1 aromatic carbocycles. The van der Waals surface area contributed by atoms with Crippen LogP contribution in [0.2, 0.25) is 0 Å². The Bertz CT molecular complexity index is 542. The lowest BCUT2D eigenvalue weighted by atomic mass is 9.99. The normalized spacial score (nSPS) is 18.8. The Morgan fingerprint density at radius 1 is 1.26 bits per heavy atom. The third-order valence-corrected chi connectivity index (χ3v) is 4.50. The first-order chi connectivity index (χ1) is 11.0. The number of carbonyl (C=O) groups excluding carboxylic acids is 1. The topological polar surface area (TPSA) is 55.6 Å². The molecule has 1 aliphatic rings. The zero-order chi connectivity index (χ0) is 17.0. The number of benzene rings is 1. The highest BCUT2D eigenvalue weighted by Crippen LogP contribution is 2.37. The van der Waals surface area contributed by atoms with Crippen molar-refractivity contribution in [3.63, 3.8) is 0 Å². The van der Waals surface area contributed by atoms with Gasteiger partial charge in [0.05, 0.1) is 5.69 Å². The summed E-state index contributed by atoms with van der Waals surface area (Å²) in [6, 6.07) is 6.01. The van der Waals surface area contributed by atoms with E-state index < -0.39 is 6.10 Å². The summed E-state index contributed by atoms with van der Waals surface area (Å²) < 4.78 is 5.98. The summed E-state index contributed by atoms with van der Waals surface area (Å²) in [4.78, 5) is 14.8. The molecule has 0 radical (unpaired) electrons. The van der Waals surface area contributed by atoms with Gasteiger partial charge in [-0.3, -0.25) is 4.79 Å². The van der Waals surface area contributed by atoms with Crippen LogP contribution in [0.1, 0.15) is 65.0 Å². The molecule has 0 saturated carbocycles. The number of hydrogen-bond acceptors (Lipinski definition) is 3. The van der Waals surface area contributed by atoms with Crippen molar-refractivity contribution < 1.29 is 9.53 Å². The van der Waals surface area contributed by atoms with E-state index in [1.807, 2.05) is 36.9 Å². The van der Waals surface area contributed by atoms with E-state index in [1.54, 1.807) is 0 Å². The second-order valence-electron chi connectivity index (χ2n) is 6.72. The van der Waals surface area contributed by atoms with Crippen LogP contribution in [0.5, 0.6) is 5.75 Å². The lowest BCUT2D eigenvalue weighted by Gasteiger charge is -2.36. The molecule has 128 valence electrons. The largest absolute Gasteiger partial charge is 0.478 e. The predicted molar refractivity (Wildman–Crippen MR) is 94.8 cm³/mol. The highest BCUT2D eigenvalue weighted by Gasteiger charge is 2.36. The summed E-state index contributed by atoms with van der Waals surface area (Å²) >= 11 is 0. The Kier molecular flexibility index (Phi) is 6.05. The number of hydrogen-bond donors (Lipinski definition) is 1. The number of fused-ring (bicyclic) bond motifs is 1. The summed E-state index contributed by atoms with van der Waals surface area (Å²) in [7, 11) is 0. The molecule has 0 aromatic heterocycles. The van der Waals surface area contributed by atoms with E-state index in [0.717, 1.165) is 49.2 Å². The van der Waals surface area contributed by atoms with E-state index >= 15 is 0 Å². The van der Waals surface area contributed by atoms with Gasteiger partial charge in [-0.25, -0.2) is 0 Å². The SMILES string of the molecule is CCCCCN1C(=O)C(C(C)C)Oc2ccc(C(N)CC)cc21. The third-order valence-electron chi connectivity index (χ3n) is 4.50. The van der Waals surface area contributed by atoms with Crippen molar-refractivity contribution in [1.29, 1.82) is 0 Å². The van der Waals surface area contributed by atoms with E-state index in [2.05, 4.69) is 13.8 Å². The summed E-state index contributed by atoms with van der Waals surface area (Å²) in [6.45, 7) is 9.04. The van der Waals surface area contributed by atoms with Gasteiger partial charge in [0.2, 0.25) is 0 Å². The van der Waals surface area contributed by atoms with Crippen LogP contribution in [0.4, 0.5) is 5.69 Å². The van der Waals surface area contributed by atoms with Crippen molar-refractivity contribution >= 4 is 11.6 Å². The molecular weight excluding hydrogens is 288 g/mol. The van der Waals surface area contributed by atoms with Gasteiger partial charge in [-0.1, -0.05) is 46.6 Å². The van der Waals surface area contributed by atoms with Crippen molar-refractivity contribution in [1.82, 2.24) is 0 Å². The maximum absolute atomic E-state index is 12.8. The molecular formula is C19H30N2O2. The van der Waals surface area contributed by atoms with Gasteiger partial charge >= 0.3 is 0 Å². The van der Waals surface area contributed by atoms with Crippen LogP contribution in [0, 0.1) is 5.92 Å². The number of carbonyl (C=O) groups is 1. The van der Waals surface area contributed by atoms with Gasteiger partial charge in [0.1, 0.15) is 5.75 Å². The molecule has 0 spiro atoms. The average molecular weight is 318 g/mol. The Hall–Kier alpha value is -1.55. The first-order valence-electron chi connectivity index (χ1n) is 8.87. The molecule has 0 saturated heterocycles. The first-order valence-corrected chi connectivity index (χ1v) is 8.87. The fourth-order valence-electron chi connectivity index (χ4n) is 2.94. The molecule has 2 N–H and O–H groups in total. The van der Waals surface area contributed by atoms with Gasteiger partial charge in [-0.2, -0.15) is 0 Å². The van der Waals surface area contributed by atoms with Crippen LogP contribution in [0.25, 0.3) is 0 Å². The molecule has 0 fully saturated rings. The average Bonchev–Trinajstić information content (AvgIpc) is 2.55. The lowest BCUT2D eigenvalue weighted by molar-refractivity contribution is -0.128. The zero-order valence-corrected chi connectivity index (χ0v) is 14.8. The number of nitrogens with two attached hydrogens (primary N) is 1. The van der Waals surface area contributed by atoms with Crippen molar-refractivity contribution in [2.75, 3.05) is 11.4 Å². The second-order valence-corrected chi connectivity index (χ2v) is 6.72. The number of nitrogens with zero attached hydrogens (tertiary/aromatic N) is 1. The minimum atomic E-state index is -0.394. The van der Waals surface area contributed by atoms with Crippen molar-refractivity contribution in [2.45, 2.75) is 65.5 Å². The molecule has 2 unspecified atom stereocenters. The van der Waals surface area contributed by atoms with Crippen molar-refractivity contribution in [2.24, 2.45) is 11.7 Å². The Morgan fingerprint density at radius 2 is 2.00 bits per heavy atom. The maximum Gasteiger partial charge on any atom is 0.268 e. The Labute approximate surface area is 140 Å². The first kappa shape index (κ1) is 17.8. The monoisotopic (exact) mass is 318 g/mol. The van der Waals surface area contributed by atoms with E-state index in [4.69, 9.17) is 10.5 Å². The van der Waals surface area contributed by atoms with Crippen LogP contribution in [0.15, 0.2) is 18.2 Å². The Morgan fingerprint density at radius 3 is 2.61 bits per heavy atom. The predicted octanol–water partition coefficient (Wildman–Crippen LogP) is 4.04. The molecule has 0 aliphatic carbocycles. The maximum atomic E-state index is 12.8. The molecule has 2 rings (SSSR count). The van der Waals surface area contributed by atoms with Gasteiger partial charge in [0.15, 0.2) is 6.10 Å². The molecule has 2 atom stereocenters. The summed E-state index contributed by atoms with van der Waals surface area (Å²) in [6.07, 6.45) is 3.75. The molecule has 23 heavy (non-hydrogen) atoms. The molecule has 1 aromatic rings. The number of amides is 1. The third kappa shape index (κ3) is 3.86. The molecule has 4 nitrogen and oxygen atoms in total. The van der Waals surface area contributed by atoms with E-state index in [0.29, 0.717) is 0 Å². The molecule has 1 aliphatic heterocycles. The molecule has 1 heterocycles. The van der Waals surface area contributed by atoms with E-state index in [1.165, 1.54) is 0 Å². The second kappa shape index (κ2) is 7.82. The number of unbranched alkanes of at least 4 members (excludes halogenated alkanes) is 2. The Balaban J connectivity index is 2.36. The standard InChI is InChI=1S/C19H30N2O2/c1-5-7-8-11-21-16-12-14(15(20)6-2)9-10-17(16)23-18(13(3)4)19(21)22/h9-10,12-13,15,18H,5-8,11,20H2,1-4H3. The number of ether oxygens (including phenoxy) is 1. The fourth-order valence-corrected chi connectivity index (χ4v) is 2.94.